The molecule has 1 fully saturated rings. The van der Waals surface area contributed by atoms with Gasteiger partial charge >= 0.3 is 6.09 Å². The molecule has 248 valence electrons. The minimum Gasteiger partial charge on any atom is -0.489 e. The van der Waals surface area contributed by atoms with E-state index in [4.69, 9.17) is 9.47 Å². The predicted octanol–water partition coefficient (Wildman–Crippen LogP) is 4.93. The van der Waals surface area contributed by atoms with Crippen molar-refractivity contribution in [2.24, 2.45) is 5.41 Å². The maximum Gasteiger partial charge on any atom is 0.410 e. The summed E-state index contributed by atoms with van der Waals surface area (Å²) < 4.78 is 38.3. The molecule has 9 nitrogen and oxygen atoms in total. The molecule has 1 heterocycles. The maximum absolute atomic E-state index is 14.2. The molecule has 3 amide bonds. The van der Waals surface area contributed by atoms with E-state index in [0.717, 1.165) is 5.56 Å². The third-order valence-electron chi connectivity index (χ3n) is 7.70. The standard InChI is InChI=1S/C34H48F2N4O5/c1-22(39(8)32(43)45-34(5,6)7)30(41)38-29(33(2,3)4)31(42)40-21-28(44-27-15-13-25(36)14-16-27)19-26(40)20-37-18-17-23-9-11-24(35)12-10-23/h9-16,22,26,28-29,37H,17-21H2,1-8H3,(H,38,41)/t22-,26-,28?,29+/m0/s1. The van der Waals surface area contributed by atoms with Gasteiger partial charge in [-0.2, -0.15) is 0 Å². The van der Waals surface area contributed by atoms with Crippen molar-refractivity contribution in [2.45, 2.75) is 91.1 Å². The smallest absolute Gasteiger partial charge is 0.410 e. The van der Waals surface area contributed by atoms with Gasteiger partial charge in [-0.3, -0.25) is 14.5 Å². The quantitative estimate of drug-likeness (QED) is 0.342. The van der Waals surface area contributed by atoms with Gasteiger partial charge in [-0.15, -0.1) is 0 Å². The molecule has 4 atom stereocenters. The van der Waals surface area contributed by atoms with Gasteiger partial charge in [0.1, 0.15) is 41.2 Å². The summed E-state index contributed by atoms with van der Waals surface area (Å²) in [6.07, 6.45) is 0.211. The second-order valence-corrected chi connectivity index (χ2v) is 13.7. The van der Waals surface area contributed by atoms with E-state index in [2.05, 4.69) is 10.6 Å². The van der Waals surface area contributed by atoms with Crippen molar-refractivity contribution in [2.75, 3.05) is 26.7 Å². The molecule has 0 spiro atoms. The largest absolute Gasteiger partial charge is 0.489 e. The molecular formula is C34H48F2N4O5. The van der Waals surface area contributed by atoms with Gasteiger partial charge in [0.25, 0.3) is 0 Å². The van der Waals surface area contributed by atoms with Crippen LogP contribution < -0.4 is 15.4 Å². The van der Waals surface area contributed by atoms with E-state index in [1.54, 1.807) is 56.9 Å². The Kier molecular flexibility index (Phi) is 11.9. The number of halogens is 2. The van der Waals surface area contributed by atoms with Crippen molar-refractivity contribution < 1.29 is 32.6 Å². The molecule has 0 saturated carbocycles. The van der Waals surface area contributed by atoms with Crippen LogP contribution in [-0.2, 0) is 20.7 Å². The zero-order valence-corrected chi connectivity index (χ0v) is 27.7. The Bertz CT molecular complexity index is 1290. The minimum absolute atomic E-state index is 0.250. The van der Waals surface area contributed by atoms with E-state index < -0.39 is 35.1 Å². The Morgan fingerprint density at radius 2 is 1.56 bits per heavy atom. The summed E-state index contributed by atoms with van der Waals surface area (Å²) in [5.74, 6) is -0.907. The van der Waals surface area contributed by atoms with E-state index in [1.165, 1.54) is 36.2 Å². The summed E-state index contributed by atoms with van der Waals surface area (Å²) in [6, 6.07) is 10.0. The zero-order chi connectivity index (χ0) is 33.5. The van der Waals surface area contributed by atoms with Crippen LogP contribution in [0.4, 0.5) is 13.6 Å². The molecule has 1 aliphatic heterocycles. The maximum atomic E-state index is 14.2. The molecule has 1 aliphatic rings. The van der Waals surface area contributed by atoms with Crippen LogP contribution in [0.2, 0.25) is 0 Å². The Morgan fingerprint density at radius 1 is 0.978 bits per heavy atom. The van der Waals surface area contributed by atoms with Gasteiger partial charge in [0.15, 0.2) is 0 Å². The zero-order valence-electron chi connectivity index (χ0n) is 27.7. The van der Waals surface area contributed by atoms with Crippen LogP contribution in [0, 0.1) is 17.0 Å². The number of hydrogen-bond acceptors (Lipinski definition) is 6. The topological polar surface area (TPSA) is 100 Å². The molecule has 45 heavy (non-hydrogen) atoms. The summed E-state index contributed by atoms with van der Waals surface area (Å²) in [7, 11) is 1.48. The van der Waals surface area contributed by atoms with Gasteiger partial charge in [-0.1, -0.05) is 32.9 Å². The van der Waals surface area contributed by atoms with Crippen molar-refractivity contribution in [3.63, 3.8) is 0 Å². The van der Waals surface area contributed by atoms with E-state index >= 15 is 0 Å². The molecule has 1 unspecified atom stereocenters. The number of likely N-dealkylation sites (tertiary alicyclic amines) is 1. The molecule has 0 aliphatic carbocycles. The van der Waals surface area contributed by atoms with Crippen LogP contribution in [0.1, 0.15) is 60.5 Å². The normalized spacial score (nSPS) is 18.2. The first kappa shape index (κ1) is 35.7. The summed E-state index contributed by atoms with van der Waals surface area (Å²) in [6.45, 7) is 13.8. The van der Waals surface area contributed by atoms with Crippen LogP contribution >= 0.6 is 0 Å². The summed E-state index contributed by atoms with van der Waals surface area (Å²) >= 11 is 0. The Labute approximate surface area is 265 Å². The summed E-state index contributed by atoms with van der Waals surface area (Å²) in [5.41, 5.74) is -0.398. The van der Waals surface area contributed by atoms with E-state index in [0.29, 0.717) is 31.7 Å². The van der Waals surface area contributed by atoms with Crippen molar-refractivity contribution in [3.8, 4) is 5.75 Å². The molecule has 0 aromatic heterocycles. The number of amides is 3. The fourth-order valence-corrected chi connectivity index (χ4v) is 5.03. The van der Waals surface area contributed by atoms with Crippen LogP contribution in [0.25, 0.3) is 0 Å². The highest BCUT2D eigenvalue weighted by molar-refractivity contribution is 5.91. The average Bonchev–Trinajstić information content (AvgIpc) is 3.35. The van der Waals surface area contributed by atoms with Crippen molar-refractivity contribution >= 4 is 17.9 Å². The second kappa shape index (κ2) is 15.0. The highest BCUT2D eigenvalue weighted by Crippen LogP contribution is 2.28. The molecule has 0 radical (unpaired) electrons. The number of rotatable bonds is 11. The molecular weight excluding hydrogens is 582 g/mol. The third-order valence-corrected chi connectivity index (χ3v) is 7.70. The average molecular weight is 631 g/mol. The number of carbonyl (C=O) groups excluding carboxylic acids is 3. The first-order valence-corrected chi connectivity index (χ1v) is 15.4. The van der Waals surface area contributed by atoms with Crippen LogP contribution in [0.3, 0.4) is 0 Å². The van der Waals surface area contributed by atoms with E-state index in [9.17, 15) is 23.2 Å². The van der Waals surface area contributed by atoms with E-state index in [1.807, 2.05) is 20.8 Å². The molecule has 11 heteroatoms. The highest BCUT2D eigenvalue weighted by atomic mass is 19.1. The van der Waals surface area contributed by atoms with Crippen LogP contribution in [0.15, 0.2) is 48.5 Å². The lowest BCUT2D eigenvalue weighted by Crippen LogP contribution is -2.59. The number of carbonyl (C=O) groups is 3. The number of nitrogens with one attached hydrogen (secondary N) is 2. The van der Waals surface area contributed by atoms with Crippen molar-refractivity contribution in [1.29, 1.82) is 0 Å². The summed E-state index contributed by atoms with van der Waals surface area (Å²) in [5, 5.41) is 6.32. The molecule has 2 aromatic rings. The lowest BCUT2D eigenvalue weighted by atomic mass is 9.85. The predicted molar refractivity (Wildman–Crippen MR) is 169 cm³/mol. The third kappa shape index (κ3) is 10.7. The SMILES string of the molecule is C[C@@H](C(=O)N[C@H](C(=O)N1CC(Oc2ccc(F)cc2)C[C@H]1CNCCc1ccc(F)cc1)C(C)(C)C)N(C)C(=O)OC(C)(C)C. The number of likely N-dealkylation sites (N-methyl/N-ethyl adjacent to an activating group) is 1. The Morgan fingerprint density at radius 3 is 2.11 bits per heavy atom. The van der Waals surface area contributed by atoms with Gasteiger partial charge in [-0.05, 0) is 88.0 Å². The molecule has 2 N–H and O–H groups in total. The highest BCUT2D eigenvalue weighted by Gasteiger charge is 2.43. The van der Waals surface area contributed by atoms with Crippen molar-refractivity contribution in [1.82, 2.24) is 20.4 Å². The monoisotopic (exact) mass is 630 g/mol. The number of benzene rings is 2. The number of nitrogens with zero attached hydrogens (tertiary/aromatic N) is 2. The fourth-order valence-electron chi connectivity index (χ4n) is 5.03. The van der Waals surface area contributed by atoms with Gasteiger partial charge < -0.3 is 25.0 Å². The molecule has 1 saturated heterocycles. The number of hydrogen-bond donors (Lipinski definition) is 2. The Hall–Kier alpha value is -3.73. The lowest BCUT2D eigenvalue weighted by molar-refractivity contribution is -0.141. The Balaban J connectivity index is 1.74. The molecule has 2 aromatic carbocycles. The van der Waals surface area contributed by atoms with Crippen LogP contribution in [-0.4, -0.2) is 84.2 Å². The molecule has 3 rings (SSSR count). The van der Waals surface area contributed by atoms with E-state index in [-0.39, 0.29) is 36.2 Å². The van der Waals surface area contributed by atoms with Gasteiger partial charge in [0.2, 0.25) is 11.8 Å². The van der Waals surface area contributed by atoms with Gasteiger partial charge in [-0.25, -0.2) is 13.6 Å². The first-order valence-electron chi connectivity index (χ1n) is 15.4. The first-order chi connectivity index (χ1) is 20.9. The van der Waals surface area contributed by atoms with Crippen LogP contribution in [0.5, 0.6) is 5.75 Å². The summed E-state index contributed by atoms with van der Waals surface area (Å²) in [4.78, 5) is 43.1. The minimum atomic E-state index is -0.897. The lowest BCUT2D eigenvalue weighted by Gasteiger charge is -2.37. The molecule has 0 bridgehead atoms. The van der Waals surface area contributed by atoms with Gasteiger partial charge in [0, 0.05) is 26.1 Å². The number of ether oxygens (including phenoxy) is 2. The van der Waals surface area contributed by atoms with Crippen molar-refractivity contribution in [3.05, 3.63) is 65.7 Å². The fraction of sp³-hybridized carbons (Fsp3) is 0.559. The second-order valence-electron chi connectivity index (χ2n) is 13.7. The van der Waals surface area contributed by atoms with Gasteiger partial charge in [0.05, 0.1) is 6.54 Å².